The Bertz CT molecular complexity index is 954. The minimum atomic E-state index is -1.00. The summed E-state index contributed by atoms with van der Waals surface area (Å²) in [5.41, 5.74) is 2.05. The number of Topliss-reactive ketones (excluding diaryl/α,β-unsaturated/α-hetero) is 1. The quantitative estimate of drug-likeness (QED) is 0.607. The van der Waals surface area contributed by atoms with Gasteiger partial charge in [0.25, 0.3) is 0 Å². The predicted molar refractivity (Wildman–Crippen MR) is 104 cm³/mol. The van der Waals surface area contributed by atoms with Crippen LogP contribution in [-0.4, -0.2) is 31.1 Å². The lowest BCUT2D eigenvalue weighted by atomic mass is 9.95. The highest BCUT2D eigenvalue weighted by Gasteiger charge is 2.20. The number of methoxy groups -OCH3 is 2. The molecule has 0 aliphatic carbocycles. The van der Waals surface area contributed by atoms with Gasteiger partial charge in [0.15, 0.2) is 5.78 Å². The maximum atomic E-state index is 13.0. The number of ketones is 1. The van der Waals surface area contributed by atoms with Gasteiger partial charge < -0.3 is 14.6 Å². The maximum absolute atomic E-state index is 13.0. The molecule has 3 aromatic rings. The monoisotopic (exact) mass is 382 g/mol. The fraction of sp³-hybridized carbons (Fsp3) is 0.143. The van der Waals surface area contributed by atoms with E-state index in [2.05, 4.69) is 0 Å². The molecule has 1 N–H and O–H groups in total. The SMILES string of the molecule is COc1cccc(OC)c1C(=O)Cc1ccc(C(=O)O)cc1-c1cccs1. The van der Waals surface area contributed by atoms with Gasteiger partial charge in [0, 0.05) is 11.3 Å². The fourth-order valence-corrected chi connectivity index (χ4v) is 3.69. The van der Waals surface area contributed by atoms with E-state index in [1.165, 1.54) is 31.6 Å². The van der Waals surface area contributed by atoms with Crippen LogP contribution in [0.2, 0.25) is 0 Å². The van der Waals surface area contributed by atoms with Crippen LogP contribution in [0.5, 0.6) is 11.5 Å². The average Bonchev–Trinajstić information content (AvgIpc) is 3.21. The van der Waals surface area contributed by atoms with Crippen molar-refractivity contribution in [1.29, 1.82) is 0 Å². The smallest absolute Gasteiger partial charge is 0.335 e. The Morgan fingerprint density at radius 3 is 2.26 bits per heavy atom. The number of hydrogen-bond donors (Lipinski definition) is 1. The number of hydrogen-bond acceptors (Lipinski definition) is 5. The van der Waals surface area contributed by atoms with E-state index < -0.39 is 5.97 Å². The van der Waals surface area contributed by atoms with Crippen molar-refractivity contribution in [3.8, 4) is 21.9 Å². The molecular weight excluding hydrogens is 364 g/mol. The van der Waals surface area contributed by atoms with Gasteiger partial charge in [-0.1, -0.05) is 18.2 Å². The van der Waals surface area contributed by atoms with Crippen LogP contribution in [-0.2, 0) is 6.42 Å². The van der Waals surface area contributed by atoms with Gasteiger partial charge in [-0.15, -0.1) is 11.3 Å². The van der Waals surface area contributed by atoms with Crippen LogP contribution in [0, 0.1) is 0 Å². The van der Waals surface area contributed by atoms with Crippen molar-refractivity contribution < 1.29 is 24.2 Å². The van der Waals surface area contributed by atoms with Crippen LogP contribution < -0.4 is 9.47 Å². The van der Waals surface area contributed by atoms with Gasteiger partial charge in [0.2, 0.25) is 0 Å². The van der Waals surface area contributed by atoms with Gasteiger partial charge in [-0.05, 0) is 46.8 Å². The zero-order chi connectivity index (χ0) is 19.4. The summed E-state index contributed by atoms with van der Waals surface area (Å²) in [6, 6.07) is 13.8. The summed E-state index contributed by atoms with van der Waals surface area (Å²) in [5.74, 6) is -0.277. The van der Waals surface area contributed by atoms with Crippen molar-refractivity contribution in [2.75, 3.05) is 14.2 Å². The molecule has 138 valence electrons. The molecule has 5 nitrogen and oxygen atoms in total. The first-order valence-electron chi connectivity index (χ1n) is 8.19. The Hall–Kier alpha value is -3.12. The van der Waals surface area contributed by atoms with E-state index in [-0.39, 0.29) is 17.8 Å². The van der Waals surface area contributed by atoms with E-state index in [0.717, 1.165) is 16.0 Å². The highest BCUT2D eigenvalue weighted by atomic mass is 32.1. The molecule has 0 saturated carbocycles. The predicted octanol–water partition coefficient (Wildman–Crippen LogP) is 4.56. The summed E-state index contributed by atoms with van der Waals surface area (Å²) in [6.07, 6.45) is 0.101. The van der Waals surface area contributed by atoms with Crippen LogP contribution >= 0.6 is 11.3 Å². The van der Waals surface area contributed by atoms with Crippen molar-refractivity contribution in [3.05, 3.63) is 70.6 Å². The van der Waals surface area contributed by atoms with Gasteiger partial charge in [-0.2, -0.15) is 0 Å². The molecule has 0 bridgehead atoms. The van der Waals surface area contributed by atoms with Crippen LogP contribution in [0.25, 0.3) is 10.4 Å². The minimum Gasteiger partial charge on any atom is -0.496 e. The van der Waals surface area contributed by atoms with E-state index in [0.29, 0.717) is 17.1 Å². The number of thiophene rings is 1. The van der Waals surface area contributed by atoms with E-state index in [1.54, 1.807) is 30.3 Å². The lowest BCUT2D eigenvalue weighted by Crippen LogP contribution is -2.09. The molecule has 0 aliphatic heterocycles. The molecule has 0 radical (unpaired) electrons. The second-order valence-electron chi connectivity index (χ2n) is 5.79. The Morgan fingerprint density at radius 1 is 1.00 bits per heavy atom. The molecule has 0 fully saturated rings. The third-order valence-electron chi connectivity index (χ3n) is 4.20. The Morgan fingerprint density at radius 2 is 1.70 bits per heavy atom. The summed E-state index contributed by atoms with van der Waals surface area (Å²) in [7, 11) is 3.01. The Labute approximate surface area is 160 Å². The van der Waals surface area contributed by atoms with Crippen molar-refractivity contribution in [2.24, 2.45) is 0 Å². The number of aromatic carboxylic acids is 1. The first kappa shape index (κ1) is 18.7. The molecule has 27 heavy (non-hydrogen) atoms. The van der Waals surface area contributed by atoms with Crippen molar-refractivity contribution in [1.82, 2.24) is 0 Å². The largest absolute Gasteiger partial charge is 0.496 e. The molecule has 0 amide bonds. The Balaban J connectivity index is 2.04. The molecule has 0 saturated heterocycles. The number of carboxylic acid groups (broad SMARTS) is 1. The summed E-state index contributed by atoms with van der Waals surface area (Å²) >= 11 is 1.50. The number of carboxylic acids is 1. The normalized spacial score (nSPS) is 10.4. The van der Waals surface area contributed by atoms with Crippen LogP contribution in [0.4, 0.5) is 0 Å². The molecule has 0 aliphatic rings. The molecular formula is C21H18O5S. The molecule has 0 atom stereocenters. The molecule has 1 heterocycles. The highest BCUT2D eigenvalue weighted by molar-refractivity contribution is 7.13. The third kappa shape index (κ3) is 3.85. The van der Waals surface area contributed by atoms with Gasteiger partial charge in [-0.3, -0.25) is 4.79 Å². The highest BCUT2D eigenvalue weighted by Crippen LogP contribution is 2.33. The van der Waals surface area contributed by atoms with Crippen LogP contribution in [0.3, 0.4) is 0 Å². The summed E-state index contributed by atoms with van der Waals surface area (Å²) < 4.78 is 10.6. The zero-order valence-electron chi connectivity index (χ0n) is 14.9. The molecule has 6 heteroatoms. The van der Waals surface area contributed by atoms with Crippen LogP contribution in [0.1, 0.15) is 26.3 Å². The Kier molecular flexibility index (Phi) is 5.57. The van der Waals surface area contributed by atoms with Crippen molar-refractivity contribution >= 4 is 23.1 Å². The van der Waals surface area contributed by atoms with Crippen LogP contribution in [0.15, 0.2) is 53.9 Å². The fourth-order valence-electron chi connectivity index (χ4n) is 2.91. The van der Waals surface area contributed by atoms with Gasteiger partial charge in [-0.25, -0.2) is 4.79 Å². The molecule has 0 spiro atoms. The molecule has 1 aromatic heterocycles. The first-order valence-corrected chi connectivity index (χ1v) is 9.07. The van der Waals surface area contributed by atoms with Gasteiger partial charge >= 0.3 is 5.97 Å². The van der Waals surface area contributed by atoms with Crippen molar-refractivity contribution in [2.45, 2.75) is 6.42 Å². The number of carbonyl (C=O) groups excluding carboxylic acids is 1. The number of carbonyl (C=O) groups is 2. The number of benzene rings is 2. The average molecular weight is 382 g/mol. The third-order valence-corrected chi connectivity index (χ3v) is 5.10. The molecule has 2 aromatic carbocycles. The lowest BCUT2D eigenvalue weighted by molar-refractivity contribution is 0.0696. The number of rotatable bonds is 7. The van der Waals surface area contributed by atoms with E-state index in [1.807, 2.05) is 17.5 Å². The van der Waals surface area contributed by atoms with E-state index in [4.69, 9.17) is 9.47 Å². The second kappa shape index (κ2) is 8.05. The van der Waals surface area contributed by atoms with E-state index in [9.17, 15) is 14.7 Å². The zero-order valence-corrected chi connectivity index (χ0v) is 15.7. The summed E-state index contributed by atoms with van der Waals surface area (Å²) in [6.45, 7) is 0. The standard InChI is InChI=1S/C21H18O5S/c1-25-17-5-3-6-18(26-2)20(17)16(22)12-13-8-9-14(21(23)24)11-15(13)19-7-4-10-27-19/h3-11H,12H2,1-2H3,(H,23,24). The molecule has 0 unspecified atom stereocenters. The van der Waals surface area contributed by atoms with Gasteiger partial charge in [0.05, 0.1) is 19.8 Å². The summed E-state index contributed by atoms with van der Waals surface area (Å²) in [4.78, 5) is 25.3. The van der Waals surface area contributed by atoms with Crippen molar-refractivity contribution in [3.63, 3.8) is 0 Å². The molecule has 3 rings (SSSR count). The van der Waals surface area contributed by atoms with E-state index >= 15 is 0 Å². The second-order valence-corrected chi connectivity index (χ2v) is 6.74. The lowest BCUT2D eigenvalue weighted by Gasteiger charge is -2.14. The number of ether oxygens (including phenoxy) is 2. The topological polar surface area (TPSA) is 72.8 Å². The maximum Gasteiger partial charge on any atom is 0.335 e. The van der Waals surface area contributed by atoms with Gasteiger partial charge in [0.1, 0.15) is 17.1 Å². The first-order chi connectivity index (χ1) is 13.0. The summed E-state index contributed by atoms with van der Waals surface area (Å²) in [5, 5.41) is 11.2. The minimum absolute atomic E-state index is 0.101.